The summed E-state index contributed by atoms with van der Waals surface area (Å²) in [6, 6.07) is 0. The van der Waals surface area contributed by atoms with Crippen LogP contribution in [0, 0.1) is 11.8 Å². The second kappa shape index (κ2) is 4.40. The summed E-state index contributed by atoms with van der Waals surface area (Å²) in [5.74, 6) is 0.193. The summed E-state index contributed by atoms with van der Waals surface area (Å²) in [7, 11) is 1.30. The van der Waals surface area contributed by atoms with Gasteiger partial charge in [0.25, 0.3) is 0 Å². The van der Waals surface area contributed by atoms with E-state index in [-0.39, 0.29) is 11.4 Å². The molecule has 0 amide bonds. The number of esters is 1. The van der Waals surface area contributed by atoms with Crippen LogP contribution in [0.4, 0.5) is 0 Å². The Hall–Kier alpha value is -1.12. The topological polar surface area (TPSA) is 43.4 Å². The average molecular weight is 196 g/mol. The highest BCUT2D eigenvalue weighted by molar-refractivity contribution is 6.17. The Morgan fingerprint density at radius 3 is 2.71 bits per heavy atom. The molecule has 0 saturated heterocycles. The van der Waals surface area contributed by atoms with E-state index in [1.807, 2.05) is 0 Å². The summed E-state index contributed by atoms with van der Waals surface area (Å²) in [5.41, 5.74) is 0.234. The van der Waals surface area contributed by atoms with Gasteiger partial charge in [-0.25, -0.2) is 4.79 Å². The molecule has 0 aromatic rings. The van der Waals surface area contributed by atoms with Crippen molar-refractivity contribution in [3.8, 4) is 0 Å². The quantitative estimate of drug-likeness (QED) is 0.499. The molecule has 14 heavy (non-hydrogen) atoms. The maximum atomic E-state index is 11.4. The van der Waals surface area contributed by atoms with E-state index in [4.69, 9.17) is 0 Å². The first kappa shape index (κ1) is 11.0. The molecule has 0 bridgehead atoms. The molecule has 1 aliphatic carbocycles. The van der Waals surface area contributed by atoms with Crippen molar-refractivity contribution in [1.29, 1.82) is 0 Å². The van der Waals surface area contributed by atoms with Gasteiger partial charge in [0.2, 0.25) is 0 Å². The molecule has 0 heterocycles. The average Bonchev–Trinajstić information content (AvgIpc) is 2.17. The number of hydrogen-bond acceptors (Lipinski definition) is 3. The lowest BCUT2D eigenvalue weighted by Crippen LogP contribution is -2.23. The third-order valence-electron chi connectivity index (χ3n) is 2.65. The summed E-state index contributed by atoms with van der Waals surface area (Å²) in [5, 5.41) is 0. The molecule has 0 N–H and O–H groups in total. The fourth-order valence-corrected chi connectivity index (χ4v) is 1.64. The summed E-state index contributed by atoms with van der Waals surface area (Å²) in [6.07, 6.45) is 3.07. The van der Waals surface area contributed by atoms with Gasteiger partial charge in [-0.05, 0) is 18.3 Å². The predicted octanol–water partition coefficient (Wildman–Crippen LogP) is 1.72. The van der Waals surface area contributed by atoms with Crippen molar-refractivity contribution < 1.29 is 14.3 Å². The molecule has 0 aromatic carbocycles. The third kappa shape index (κ3) is 2.22. The van der Waals surface area contributed by atoms with Gasteiger partial charge in [-0.2, -0.15) is 0 Å². The van der Waals surface area contributed by atoms with Crippen molar-refractivity contribution in [2.24, 2.45) is 11.8 Å². The highest BCUT2D eigenvalue weighted by Crippen LogP contribution is 2.26. The molecule has 0 spiro atoms. The minimum atomic E-state index is -0.500. The molecular formula is C11H16O3. The second-order valence-corrected chi connectivity index (χ2v) is 3.94. The minimum Gasteiger partial charge on any atom is -0.465 e. The predicted molar refractivity (Wildman–Crippen MR) is 52.7 cm³/mol. The highest BCUT2D eigenvalue weighted by atomic mass is 16.5. The molecule has 0 radical (unpaired) electrons. The van der Waals surface area contributed by atoms with Crippen LogP contribution in [0.15, 0.2) is 11.6 Å². The SMILES string of the molecule is COC(=O)C1=C[C@H](C(C)C)CCC1=O. The molecule has 0 aliphatic heterocycles. The number of carbonyl (C=O) groups excluding carboxylic acids is 2. The van der Waals surface area contributed by atoms with Crippen LogP contribution in [0.25, 0.3) is 0 Å². The molecule has 1 rings (SSSR count). The molecule has 1 aliphatic rings. The van der Waals surface area contributed by atoms with Crippen molar-refractivity contribution in [2.75, 3.05) is 7.11 Å². The standard InChI is InChI=1S/C11H16O3/c1-7(2)8-4-5-10(12)9(6-8)11(13)14-3/h6-8H,4-5H2,1-3H3/t8-/m1/s1. The maximum Gasteiger partial charge on any atom is 0.341 e. The van der Waals surface area contributed by atoms with Crippen LogP contribution in [0.2, 0.25) is 0 Å². The van der Waals surface area contributed by atoms with E-state index in [2.05, 4.69) is 18.6 Å². The normalized spacial score (nSPS) is 22.1. The van der Waals surface area contributed by atoms with Gasteiger partial charge < -0.3 is 4.74 Å². The lowest BCUT2D eigenvalue weighted by Gasteiger charge is -2.21. The van der Waals surface area contributed by atoms with Crippen molar-refractivity contribution >= 4 is 11.8 Å². The van der Waals surface area contributed by atoms with E-state index in [1.54, 1.807) is 6.08 Å². The second-order valence-electron chi connectivity index (χ2n) is 3.94. The number of ether oxygens (including phenoxy) is 1. The van der Waals surface area contributed by atoms with Crippen LogP contribution in [0.5, 0.6) is 0 Å². The monoisotopic (exact) mass is 196 g/mol. The summed E-state index contributed by atoms with van der Waals surface area (Å²) in [6.45, 7) is 4.18. The van der Waals surface area contributed by atoms with Crippen LogP contribution >= 0.6 is 0 Å². The van der Waals surface area contributed by atoms with E-state index in [1.165, 1.54) is 7.11 Å². The van der Waals surface area contributed by atoms with Gasteiger partial charge in [0.1, 0.15) is 0 Å². The molecule has 0 fully saturated rings. The largest absolute Gasteiger partial charge is 0.465 e. The van der Waals surface area contributed by atoms with Gasteiger partial charge in [0.15, 0.2) is 5.78 Å². The zero-order valence-electron chi connectivity index (χ0n) is 8.87. The smallest absolute Gasteiger partial charge is 0.341 e. The first-order chi connectivity index (χ1) is 6.56. The Bertz CT molecular complexity index is 276. The number of allylic oxidation sites excluding steroid dienone is 1. The van der Waals surface area contributed by atoms with Gasteiger partial charge in [0.05, 0.1) is 12.7 Å². The molecule has 0 unspecified atom stereocenters. The van der Waals surface area contributed by atoms with Crippen molar-refractivity contribution in [2.45, 2.75) is 26.7 Å². The number of Topliss-reactive ketones (excluding diaryl/α,β-unsaturated/α-hetero) is 1. The first-order valence-electron chi connectivity index (χ1n) is 4.89. The Balaban J connectivity index is 2.88. The number of rotatable bonds is 2. The van der Waals surface area contributed by atoms with Gasteiger partial charge in [0, 0.05) is 6.42 Å². The van der Waals surface area contributed by atoms with Crippen LogP contribution < -0.4 is 0 Å². The fraction of sp³-hybridized carbons (Fsp3) is 0.636. The van der Waals surface area contributed by atoms with Gasteiger partial charge >= 0.3 is 5.97 Å². The van der Waals surface area contributed by atoms with E-state index in [0.717, 1.165) is 6.42 Å². The first-order valence-corrected chi connectivity index (χ1v) is 4.89. The van der Waals surface area contributed by atoms with Gasteiger partial charge in [-0.15, -0.1) is 0 Å². The molecule has 78 valence electrons. The summed E-state index contributed by atoms with van der Waals surface area (Å²) >= 11 is 0. The Morgan fingerprint density at radius 2 is 2.21 bits per heavy atom. The highest BCUT2D eigenvalue weighted by Gasteiger charge is 2.27. The number of carbonyl (C=O) groups is 2. The van der Waals surface area contributed by atoms with E-state index < -0.39 is 5.97 Å². The van der Waals surface area contributed by atoms with E-state index in [9.17, 15) is 9.59 Å². The molecule has 3 heteroatoms. The van der Waals surface area contributed by atoms with Crippen molar-refractivity contribution in [3.63, 3.8) is 0 Å². The molecule has 0 aromatic heterocycles. The van der Waals surface area contributed by atoms with Crippen LogP contribution in [-0.4, -0.2) is 18.9 Å². The number of hydrogen-bond donors (Lipinski definition) is 0. The number of methoxy groups -OCH3 is 1. The minimum absolute atomic E-state index is 0.0891. The zero-order chi connectivity index (χ0) is 10.7. The van der Waals surface area contributed by atoms with Crippen LogP contribution in [0.3, 0.4) is 0 Å². The molecule has 0 saturated carbocycles. The van der Waals surface area contributed by atoms with Crippen molar-refractivity contribution in [1.82, 2.24) is 0 Å². The third-order valence-corrected chi connectivity index (χ3v) is 2.65. The summed E-state index contributed by atoms with van der Waals surface area (Å²) < 4.78 is 4.56. The van der Waals surface area contributed by atoms with Crippen LogP contribution in [0.1, 0.15) is 26.7 Å². The number of ketones is 1. The van der Waals surface area contributed by atoms with Gasteiger partial charge in [-0.3, -0.25) is 4.79 Å². The Morgan fingerprint density at radius 1 is 1.57 bits per heavy atom. The summed E-state index contributed by atoms with van der Waals surface area (Å²) in [4.78, 5) is 22.6. The maximum absolute atomic E-state index is 11.4. The van der Waals surface area contributed by atoms with E-state index >= 15 is 0 Å². The van der Waals surface area contributed by atoms with Crippen molar-refractivity contribution in [3.05, 3.63) is 11.6 Å². The molecule has 1 atom stereocenters. The van der Waals surface area contributed by atoms with E-state index in [0.29, 0.717) is 18.3 Å². The van der Waals surface area contributed by atoms with Crippen LogP contribution in [-0.2, 0) is 14.3 Å². The lowest BCUT2D eigenvalue weighted by molar-refractivity contribution is -0.138. The lowest BCUT2D eigenvalue weighted by atomic mass is 9.83. The zero-order valence-corrected chi connectivity index (χ0v) is 8.87. The van der Waals surface area contributed by atoms with Gasteiger partial charge in [-0.1, -0.05) is 19.9 Å². The Labute approximate surface area is 84.1 Å². The molecular weight excluding hydrogens is 180 g/mol. The Kier molecular flexibility index (Phi) is 3.44. The molecule has 3 nitrogen and oxygen atoms in total. The fourth-order valence-electron chi connectivity index (χ4n) is 1.64.